The molecular formula is C18H24N2. The molecule has 2 aliphatic rings. The van der Waals surface area contributed by atoms with E-state index in [0.717, 1.165) is 43.2 Å². The molecule has 2 heterocycles. The third-order valence-electron chi connectivity index (χ3n) is 4.64. The summed E-state index contributed by atoms with van der Waals surface area (Å²) >= 11 is 0. The molecular weight excluding hydrogens is 244 g/mol. The van der Waals surface area contributed by atoms with Crippen LogP contribution in [-0.4, -0.2) is 13.1 Å². The average molecular weight is 268 g/mol. The minimum Gasteiger partial charge on any atom is -0.363 e. The van der Waals surface area contributed by atoms with Gasteiger partial charge in [-0.05, 0) is 55.8 Å². The lowest BCUT2D eigenvalue weighted by Gasteiger charge is -2.28. The normalized spacial score (nSPS) is 24.5. The molecule has 1 aromatic rings. The summed E-state index contributed by atoms with van der Waals surface area (Å²) in [7, 11) is 0. The van der Waals surface area contributed by atoms with Crippen molar-refractivity contribution in [2.75, 3.05) is 13.1 Å². The Kier molecular flexibility index (Phi) is 3.93. The van der Waals surface area contributed by atoms with E-state index in [1.54, 1.807) is 0 Å². The first-order chi connectivity index (χ1) is 9.74. The number of allylic oxidation sites excluding steroid dienone is 2. The summed E-state index contributed by atoms with van der Waals surface area (Å²) in [4.78, 5) is 0. The minimum atomic E-state index is 0.433. The fourth-order valence-corrected chi connectivity index (χ4v) is 3.39. The van der Waals surface area contributed by atoms with Crippen LogP contribution in [0.1, 0.15) is 48.6 Å². The van der Waals surface area contributed by atoms with Crippen LogP contribution in [0.2, 0.25) is 0 Å². The van der Waals surface area contributed by atoms with Crippen LogP contribution < -0.4 is 10.6 Å². The number of rotatable bonds is 2. The quantitative estimate of drug-likeness (QED) is 0.855. The molecule has 2 fully saturated rings. The molecule has 0 radical (unpaired) electrons. The first-order valence-electron chi connectivity index (χ1n) is 7.68. The Morgan fingerprint density at radius 1 is 0.900 bits per heavy atom. The molecule has 1 atom stereocenters. The zero-order valence-electron chi connectivity index (χ0n) is 12.1. The van der Waals surface area contributed by atoms with Gasteiger partial charge < -0.3 is 10.6 Å². The van der Waals surface area contributed by atoms with Gasteiger partial charge in [-0.25, -0.2) is 0 Å². The highest BCUT2D eigenvalue weighted by Gasteiger charge is 2.21. The van der Waals surface area contributed by atoms with Crippen molar-refractivity contribution in [2.45, 2.75) is 37.5 Å². The van der Waals surface area contributed by atoms with Gasteiger partial charge in [-0.3, -0.25) is 0 Å². The molecule has 106 valence electrons. The lowest BCUT2D eigenvalue weighted by Crippen LogP contribution is -2.26. The Balaban J connectivity index is 1.72. The number of benzene rings is 1. The Bertz CT molecular complexity index is 495. The van der Waals surface area contributed by atoms with Gasteiger partial charge in [0.1, 0.15) is 0 Å². The molecule has 2 heteroatoms. The second-order valence-electron chi connectivity index (χ2n) is 6.04. The largest absolute Gasteiger partial charge is 0.363 e. The number of hydrogen-bond donors (Lipinski definition) is 2. The van der Waals surface area contributed by atoms with Crippen LogP contribution in [0.4, 0.5) is 0 Å². The smallest absolute Gasteiger partial charge is 0.0238 e. The van der Waals surface area contributed by atoms with Gasteiger partial charge in [-0.15, -0.1) is 0 Å². The molecule has 2 N–H and O–H groups in total. The minimum absolute atomic E-state index is 0.433. The molecule has 0 bridgehead atoms. The Labute approximate surface area is 122 Å². The van der Waals surface area contributed by atoms with E-state index in [-0.39, 0.29) is 0 Å². The van der Waals surface area contributed by atoms with Crippen molar-refractivity contribution in [3.8, 4) is 0 Å². The van der Waals surface area contributed by atoms with Gasteiger partial charge in [0.25, 0.3) is 0 Å². The van der Waals surface area contributed by atoms with Crippen LogP contribution in [0.5, 0.6) is 0 Å². The van der Waals surface area contributed by atoms with E-state index in [2.05, 4.69) is 48.1 Å². The number of piperidine rings is 2. The lowest BCUT2D eigenvalue weighted by molar-refractivity contribution is 0.460. The summed E-state index contributed by atoms with van der Waals surface area (Å²) < 4.78 is 0. The van der Waals surface area contributed by atoms with Crippen LogP contribution in [-0.2, 0) is 0 Å². The molecule has 2 saturated heterocycles. The van der Waals surface area contributed by atoms with Crippen LogP contribution in [0, 0.1) is 0 Å². The van der Waals surface area contributed by atoms with Crippen molar-refractivity contribution in [2.24, 2.45) is 0 Å². The van der Waals surface area contributed by atoms with Crippen LogP contribution in [0.15, 0.2) is 48.8 Å². The van der Waals surface area contributed by atoms with E-state index in [9.17, 15) is 0 Å². The van der Waals surface area contributed by atoms with E-state index in [0.29, 0.717) is 5.92 Å². The van der Waals surface area contributed by atoms with Crippen molar-refractivity contribution >= 4 is 0 Å². The van der Waals surface area contributed by atoms with Crippen LogP contribution in [0.3, 0.4) is 0 Å². The second kappa shape index (κ2) is 5.84. The highest BCUT2D eigenvalue weighted by atomic mass is 14.9. The van der Waals surface area contributed by atoms with Gasteiger partial charge in [-0.1, -0.05) is 37.4 Å². The van der Waals surface area contributed by atoms with E-state index < -0.39 is 0 Å². The molecule has 0 aliphatic carbocycles. The molecule has 2 nitrogen and oxygen atoms in total. The monoisotopic (exact) mass is 268 g/mol. The summed E-state index contributed by atoms with van der Waals surface area (Å²) in [6.07, 6.45) is 4.69. The second-order valence-corrected chi connectivity index (χ2v) is 6.04. The molecule has 2 aliphatic heterocycles. The topological polar surface area (TPSA) is 24.1 Å². The standard InChI is InChI=1S/C18H24N2/c1-13-3-8-18(14(2)20-13)17-6-4-15(5-7-17)16-9-11-19-12-10-16/h4-7,16,18-20H,1-3,8-12H2. The van der Waals surface area contributed by atoms with Crippen molar-refractivity contribution in [3.05, 3.63) is 59.9 Å². The Morgan fingerprint density at radius 2 is 1.55 bits per heavy atom. The number of hydrogen-bond acceptors (Lipinski definition) is 2. The first-order valence-corrected chi connectivity index (χ1v) is 7.68. The summed E-state index contributed by atoms with van der Waals surface area (Å²) in [6.45, 7) is 10.4. The zero-order valence-corrected chi connectivity index (χ0v) is 12.1. The summed E-state index contributed by atoms with van der Waals surface area (Å²) in [6, 6.07) is 9.23. The van der Waals surface area contributed by atoms with Gasteiger partial charge in [0.15, 0.2) is 0 Å². The zero-order chi connectivity index (χ0) is 13.9. The average Bonchev–Trinajstić information content (AvgIpc) is 2.48. The van der Waals surface area contributed by atoms with Crippen LogP contribution in [0.25, 0.3) is 0 Å². The maximum Gasteiger partial charge on any atom is 0.0238 e. The lowest BCUT2D eigenvalue weighted by atomic mass is 9.85. The molecule has 3 rings (SSSR count). The van der Waals surface area contributed by atoms with Gasteiger partial charge in [0.05, 0.1) is 0 Å². The Morgan fingerprint density at radius 3 is 2.20 bits per heavy atom. The summed E-state index contributed by atoms with van der Waals surface area (Å²) in [5.41, 5.74) is 5.06. The molecule has 1 aromatic carbocycles. The summed E-state index contributed by atoms with van der Waals surface area (Å²) in [5.74, 6) is 1.17. The van der Waals surface area contributed by atoms with Crippen molar-refractivity contribution in [1.29, 1.82) is 0 Å². The molecule has 0 spiro atoms. The fraction of sp³-hybridized carbons (Fsp3) is 0.444. The highest BCUT2D eigenvalue weighted by molar-refractivity contribution is 5.34. The predicted molar refractivity (Wildman–Crippen MR) is 84.7 cm³/mol. The van der Waals surface area contributed by atoms with E-state index in [4.69, 9.17) is 0 Å². The molecule has 0 saturated carbocycles. The third kappa shape index (κ3) is 2.80. The summed E-state index contributed by atoms with van der Waals surface area (Å²) in [5, 5.41) is 6.74. The first kappa shape index (κ1) is 13.4. The highest BCUT2D eigenvalue weighted by Crippen LogP contribution is 2.33. The molecule has 0 aromatic heterocycles. The maximum absolute atomic E-state index is 4.15. The van der Waals surface area contributed by atoms with Crippen molar-refractivity contribution in [3.63, 3.8) is 0 Å². The van der Waals surface area contributed by atoms with Gasteiger partial charge in [0, 0.05) is 17.3 Å². The van der Waals surface area contributed by atoms with E-state index in [1.165, 1.54) is 24.0 Å². The predicted octanol–water partition coefficient (Wildman–Crippen LogP) is 3.65. The maximum atomic E-state index is 4.15. The van der Waals surface area contributed by atoms with Crippen molar-refractivity contribution in [1.82, 2.24) is 10.6 Å². The number of nitrogens with one attached hydrogen (secondary N) is 2. The third-order valence-corrected chi connectivity index (χ3v) is 4.64. The van der Waals surface area contributed by atoms with Gasteiger partial charge >= 0.3 is 0 Å². The SMILES string of the molecule is C=C1CCC(c2ccc(C3CCNCC3)cc2)C(=C)N1. The Hall–Kier alpha value is -1.54. The van der Waals surface area contributed by atoms with E-state index in [1.807, 2.05) is 0 Å². The van der Waals surface area contributed by atoms with Gasteiger partial charge in [0.2, 0.25) is 0 Å². The molecule has 1 unspecified atom stereocenters. The van der Waals surface area contributed by atoms with Crippen molar-refractivity contribution < 1.29 is 0 Å². The van der Waals surface area contributed by atoms with Crippen LogP contribution >= 0.6 is 0 Å². The van der Waals surface area contributed by atoms with E-state index >= 15 is 0 Å². The molecule has 0 amide bonds. The molecule has 20 heavy (non-hydrogen) atoms. The fourth-order valence-electron chi connectivity index (χ4n) is 3.39. The van der Waals surface area contributed by atoms with Gasteiger partial charge in [-0.2, -0.15) is 0 Å².